The highest BCUT2D eigenvalue weighted by Crippen LogP contribution is 2.41. The fraction of sp³-hybridized carbons (Fsp3) is 0.261. The maximum atomic E-state index is 13.0. The van der Waals surface area contributed by atoms with E-state index in [9.17, 15) is 24.5 Å². The molecule has 1 N–H and O–H groups in total. The van der Waals surface area contributed by atoms with Crippen molar-refractivity contribution < 1.29 is 28.8 Å². The van der Waals surface area contributed by atoms with Gasteiger partial charge in [-0.05, 0) is 47.5 Å². The van der Waals surface area contributed by atoms with Gasteiger partial charge in [-0.1, -0.05) is 11.6 Å². The molecule has 2 atom stereocenters. The van der Waals surface area contributed by atoms with E-state index >= 15 is 0 Å². The predicted molar refractivity (Wildman–Crippen MR) is 128 cm³/mol. The molecule has 0 saturated carbocycles. The number of fused-ring (bicyclic) bond motifs is 1. The van der Waals surface area contributed by atoms with Crippen molar-refractivity contribution in [3.63, 3.8) is 0 Å². The lowest BCUT2D eigenvalue weighted by Gasteiger charge is -2.49. The van der Waals surface area contributed by atoms with E-state index in [1.54, 1.807) is 24.3 Å². The molecule has 10 nitrogen and oxygen atoms in total. The lowest BCUT2D eigenvalue weighted by atomic mass is 10.0. The second-order valence-corrected chi connectivity index (χ2v) is 9.29. The summed E-state index contributed by atoms with van der Waals surface area (Å²) in [5.41, 5.74) is 1.54. The molecule has 4 rings (SSSR count). The summed E-state index contributed by atoms with van der Waals surface area (Å²) in [6.07, 6.45) is 0. The molecule has 2 aromatic carbocycles. The molecule has 2 aliphatic heterocycles. The number of methoxy groups -OCH3 is 1. The van der Waals surface area contributed by atoms with E-state index in [4.69, 9.17) is 21.1 Å². The highest BCUT2D eigenvalue weighted by molar-refractivity contribution is 8.00. The SMILES string of the molecule is COCC1=C(C(=O)OCc2ccc([N+](=O)[O-])cc2)N2C(=O)C(NC(=O)c3ccc(Cl)cc3)[C@@H]2SC1. The van der Waals surface area contributed by atoms with Crippen LogP contribution in [-0.4, -0.2) is 58.5 Å². The molecule has 12 heteroatoms. The van der Waals surface area contributed by atoms with E-state index in [1.807, 2.05) is 0 Å². The monoisotopic (exact) mass is 517 g/mol. The molecule has 0 aliphatic carbocycles. The van der Waals surface area contributed by atoms with Gasteiger partial charge in [-0.15, -0.1) is 11.8 Å². The zero-order chi connectivity index (χ0) is 25.1. The van der Waals surface area contributed by atoms with E-state index in [-0.39, 0.29) is 24.6 Å². The number of nitrogens with zero attached hydrogens (tertiary/aromatic N) is 2. The Morgan fingerprint density at radius 3 is 2.49 bits per heavy atom. The average molecular weight is 518 g/mol. The van der Waals surface area contributed by atoms with E-state index in [2.05, 4.69) is 5.32 Å². The van der Waals surface area contributed by atoms with Crippen LogP contribution in [0.25, 0.3) is 0 Å². The number of β-lactam (4-membered cyclic amide) rings is 1. The molecule has 182 valence electrons. The summed E-state index contributed by atoms with van der Waals surface area (Å²) in [5, 5.41) is 13.5. The number of carbonyl (C=O) groups excluding carboxylic acids is 3. The minimum atomic E-state index is -0.801. The average Bonchev–Trinajstić information content (AvgIpc) is 2.86. The Bertz CT molecular complexity index is 1200. The topological polar surface area (TPSA) is 128 Å². The number of halogens is 1. The van der Waals surface area contributed by atoms with Gasteiger partial charge in [0.1, 0.15) is 23.7 Å². The van der Waals surface area contributed by atoms with Crippen molar-refractivity contribution >= 4 is 46.8 Å². The van der Waals surface area contributed by atoms with Crippen LogP contribution in [-0.2, 0) is 25.7 Å². The summed E-state index contributed by atoms with van der Waals surface area (Å²) in [7, 11) is 1.48. The number of rotatable bonds is 8. The van der Waals surface area contributed by atoms with Crippen molar-refractivity contribution in [3.8, 4) is 0 Å². The summed E-state index contributed by atoms with van der Waals surface area (Å²) in [4.78, 5) is 50.2. The molecule has 0 spiro atoms. The molecule has 0 radical (unpaired) electrons. The number of nitro groups is 1. The highest BCUT2D eigenvalue weighted by Gasteiger charge is 2.54. The van der Waals surface area contributed by atoms with Crippen molar-refractivity contribution in [1.82, 2.24) is 10.2 Å². The van der Waals surface area contributed by atoms with Crippen LogP contribution in [0.5, 0.6) is 0 Å². The number of hydrogen-bond acceptors (Lipinski definition) is 8. The van der Waals surface area contributed by atoms with Gasteiger partial charge in [-0.3, -0.25) is 24.6 Å². The lowest BCUT2D eigenvalue weighted by Crippen LogP contribution is -2.70. The van der Waals surface area contributed by atoms with Gasteiger partial charge in [0.15, 0.2) is 0 Å². The van der Waals surface area contributed by atoms with Crippen LogP contribution in [0.2, 0.25) is 5.02 Å². The highest BCUT2D eigenvalue weighted by atomic mass is 35.5. The third-order valence-electron chi connectivity index (χ3n) is 5.47. The number of amides is 2. The lowest BCUT2D eigenvalue weighted by molar-refractivity contribution is -0.384. The van der Waals surface area contributed by atoms with Crippen LogP contribution in [0.15, 0.2) is 59.8 Å². The summed E-state index contributed by atoms with van der Waals surface area (Å²) >= 11 is 7.27. The van der Waals surface area contributed by atoms with Crippen LogP contribution in [0.1, 0.15) is 15.9 Å². The predicted octanol–water partition coefficient (Wildman–Crippen LogP) is 2.91. The van der Waals surface area contributed by atoms with E-state index < -0.39 is 34.1 Å². The Morgan fingerprint density at radius 1 is 1.17 bits per heavy atom. The largest absolute Gasteiger partial charge is 0.456 e. The Morgan fingerprint density at radius 2 is 1.86 bits per heavy atom. The number of non-ortho nitro benzene ring substituents is 1. The van der Waals surface area contributed by atoms with Crippen molar-refractivity contribution in [1.29, 1.82) is 0 Å². The van der Waals surface area contributed by atoms with E-state index in [0.717, 1.165) is 0 Å². The second kappa shape index (κ2) is 10.5. The van der Waals surface area contributed by atoms with Gasteiger partial charge >= 0.3 is 5.97 Å². The van der Waals surface area contributed by atoms with Crippen LogP contribution in [0.4, 0.5) is 5.69 Å². The molecule has 2 heterocycles. The fourth-order valence-corrected chi connectivity index (χ4v) is 5.17. The van der Waals surface area contributed by atoms with Gasteiger partial charge in [-0.25, -0.2) is 4.79 Å². The van der Waals surface area contributed by atoms with Crippen molar-refractivity contribution in [2.45, 2.75) is 18.0 Å². The normalized spacial score (nSPS) is 19.0. The van der Waals surface area contributed by atoms with Crippen molar-refractivity contribution in [3.05, 3.63) is 86.1 Å². The first-order valence-corrected chi connectivity index (χ1v) is 11.9. The maximum absolute atomic E-state index is 13.0. The third kappa shape index (κ3) is 5.16. The fourth-order valence-electron chi connectivity index (χ4n) is 3.71. The molecular weight excluding hydrogens is 498 g/mol. The molecule has 2 amide bonds. The number of hydrogen-bond donors (Lipinski definition) is 1. The number of thioether (sulfide) groups is 1. The van der Waals surface area contributed by atoms with Gasteiger partial charge in [0.25, 0.3) is 17.5 Å². The molecule has 0 bridgehead atoms. The van der Waals surface area contributed by atoms with Crippen molar-refractivity contribution in [2.75, 3.05) is 19.5 Å². The first-order chi connectivity index (χ1) is 16.8. The first-order valence-electron chi connectivity index (χ1n) is 10.4. The van der Waals surface area contributed by atoms with Crippen molar-refractivity contribution in [2.24, 2.45) is 0 Å². The quantitative estimate of drug-likeness (QED) is 0.245. The van der Waals surface area contributed by atoms with E-state index in [1.165, 1.54) is 48.0 Å². The summed E-state index contributed by atoms with van der Waals surface area (Å²) in [6, 6.07) is 11.1. The minimum absolute atomic E-state index is 0.0739. The molecule has 2 aromatic rings. The minimum Gasteiger partial charge on any atom is -0.456 e. The Balaban J connectivity index is 1.46. The number of nitrogens with one attached hydrogen (secondary N) is 1. The van der Waals surface area contributed by atoms with Gasteiger partial charge in [0.2, 0.25) is 0 Å². The van der Waals surface area contributed by atoms with Crippen LogP contribution >= 0.6 is 23.4 Å². The first kappa shape index (κ1) is 24.7. The van der Waals surface area contributed by atoms with E-state index in [0.29, 0.717) is 27.5 Å². The molecular formula is C23H20ClN3O7S. The van der Waals surface area contributed by atoms with Gasteiger partial charge in [-0.2, -0.15) is 0 Å². The number of benzene rings is 2. The molecule has 1 fully saturated rings. The number of ether oxygens (including phenoxy) is 2. The zero-order valence-corrected chi connectivity index (χ0v) is 20.0. The Labute approximate surface area is 209 Å². The second-order valence-electron chi connectivity index (χ2n) is 7.75. The molecule has 1 saturated heterocycles. The Kier molecular flexibility index (Phi) is 7.39. The number of esters is 1. The third-order valence-corrected chi connectivity index (χ3v) is 7.06. The zero-order valence-electron chi connectivity index (χ0n) is 18.4. The standard InChI is InChI=1S/C23H20ClN3O7S/c1-33-11-15-12-35-22-18(25-20(28)14-4-6-16(24)7-5-14)21(29)26(22)19(15)23(30)34-10-13-2-8-17(9-3-13)27(31)32/h2-9,18,22H,10-12H2,1H3,(H,25,28)/t18?,22-/m0/s1. The molecule has 1 unspecified atom stereocenters. The van der Waals surface area contributed by atoms with Gasteiger partial charge < -0.3 is 14.8 Å². The number of nitro benzene ring substituents is 1. The summed E-state index contributed by atoms with van der Waals surface area (Å²) < 4.78 is 10.6. The summed E-state index contributed by atoms with van der Waals surface area (Å²) in [5.74, 6) is -1.15. The van der Waals surface area contributed by atoms with Crippen LogP contribution in [0.3, 0.4) is 0 Å². The summed E-state index contributed by atoms with van der Waals surface area (Å²) in [6.45, 7) is 0.00439. The van der Waals surface area contributed by atoms with Crippen LogP contribution in [0, 0.1) is 10.1 Å². The van der Waals surface area contributed by atoms with Gasteiger partial charge in [0.05, 0.1) is 11.5 Å². The van der Waals surface area contributed by atoms with Gasteiger partial charge in [0, 0.05) is 35.6 Å². The number of carbonyl (C=O) groups is 3. The molecule has 0 aromatic heterocycles. The molecule has 2 aliphatic rings. The molecule has 35 heavy (non-hydrogen) atoms. The Hall–Kier alpha value is -3.41. The van der Waals surface area contributed by atoms with Crippen LogP contribution < -0.4 is 5.32 Å². The maximum Gasteiger partial charge on any atom is 0.355 e. The smallest absolute Gasteiger partial charge is 0.355 e.